The molecule has 0 saturated carbocycles. The predicted molar refractivity (Wildman–Crippen MR) is 219 cm³/mol. The summed E-state index contributed by atoms with van der Waals surface area (Å²) in [5.74, 6) is 0.661. The fourth-order valence-electron chi connectivity index (χ4n) is 6.72. The van der Waals surface area contributed by atoms with Crippen LogP contribution in [-0.2, 0) is 31.9 Å². The van der Waals surface area contributed by atoms with Crippen LogP contribution in [0.1, 0.15) is 56.9 Å². The molecular weight excluding hydrogens is 829 g/mol. The van der Waals surface area contributed by atoms with Crippen LogP contribution in [0.2, 0.25) is 19.6 Å². The van der Waals surface area contributed by atoms with E-state index in [1.165, 1.54) is 33.0 Å². The Bertz CT molecular complexity index is 2310. The standard InChI is InChI=1S/C27H22NO.C20H28NSi.Ir/c1-27(2,3)20-14-15-28-24(17-20)23-11-7-10-22-21-13-12-19(16-25(21)29-26(22)23)18-8-5-4-6-9-18;1-14(2)10-17-12-19(21-13-20(17)22(5,6)7)18-9-8-15(3)11-16(18)4;/h4-10,12-17H,1-3H3;8,11-14H,10H2,1-7H3;/q2*-1;. The first-order valence-corrected chi connectivity index (χ1v) is 21.6. The molecule has 5 heteroatoms. The second-order valence-electron chi connectivity index (χ2n) is 16.3. The molecule has 0 unspecified atom stereocenters. The van der Waals surface area contributed by atoms with Gasteiger partial charge < -0.3 is 14.4 Å². The molecule has 7 rings (SSSR count). The van der Waals surface area contributed by atoms with E-state index in [9.17, 15) is 0 Å². The maximum Gasteiger partial charge on any atom is 0.121 e. The first-order valence-electron chi connectivity index (χ1n) is 18.1. The van der Waals surface area contributed by atoms with Crippen molar-refractivity contribution in [2.45, 2.75) is 79.9 Å². The third-order valence-electron chi connectivity index (χ3n) is 9.39. The number of benzene rings is 4. The van der Waals surface area contributed by atoms with Crippen molar-refractivity contribution in [1.82, 2.24) is 9.97 Å². The normalized spacial score (nSPS) is 11.8. The van der Waals surface area contributed by atoms with Crippen LogP contribution < -0.4 is 5.19 Å². The summed E-state index contributed by atoms with van der Waals surface area (Å²) < 4.78 is 6.35. The van der Waals surface area contributed by atoms with Crippen molar-refractivity contribution in [3.63, 3.8) is 0 Å². The van der Waals surface area contributed by atoms with Gasteiger partial charge >= 0.3 is 0 Å². The number of fused-ring (bicyclic) bond motifs is 3. The molecule has 3 nitrogen and oxygen atoms in total. The van der Waals surface area contributed by atoms with E-state index in [1.54, 1.807) is 0 Å². The molecule has 1 radical (unpaired) electrons. The maximum atomic E-state index is 6.35. The number of pyridine rings is 2. The Hall–Kier alpha value is -4.15. The minimum absolute atomic E-state index is 0. The van der Waals surface area contributed by atoms with Crippen LogP contribution >= 0.6 is 0 Å². The molecule has 0 aliphatic rings. The zero-order valence-corrected chi connectivity index (χ0v) is 35.6. The molecule has 0 aliphatic carbocycles. The number of hydrogen-bond donors (Lipinski definition) is 0. The van der Waals surface area contributed by atoms with Gasteiger partial charge in [0, 0.05) is 37.9 Å². The summed E-state index contributed by atoms with van der Waals surface area (Å²) in [6, 6.07) is 38.4. The zero-order chi connectivity index (χ0) is 36.5. The number of aryl methyl sites for hydroxylation is 2. The van der Waals surface area contributed by atoms with Crippen molar-refractivity contribution >= 4 is 35.2 Å². The quantitative estimate of drug-likeness (QED) is 0.123. The van der Waals surface area contributed by atoms with Crippen molar-refractivity contribution in [2.75, 3.05) is 0 Å². The fourth-order valence-corrected chi connectivity index (χ4v) is 8.31. The topological polar surface area (TPSA) is 38.9 Å². The number of nitrogens with zero attached hydrogens (tertiary/aromatic N) is 2. The van der Waals surface area contributed by atoms with E-state index in [0.717, 1.165) is 56.4 Å². The first-order chi connectivity index (χ1) is 24.2. The summed E-state index contributed by atoms with van der Waals surface area (Å²) >= 11 is 0. The molecular formula is C47H50IrN2OSi-2. The van der Waals surface area contributed by atoms with Gasteiger partial charge in [-0.05, 0) is 63.2 Å². The van der Waals surface area contributed by atoms with Gasteiger partial charge in [-0.3, -0.25) is 0 Å². The van der Waals surface area contributed by atoms with E-state index in [2.05, 4.69) is 170 Å². The predicted octanol–water partition coefficient (Wildman–Crippen LogP) is 12.3. The van der Waals surface area contributed by atoms with Crippen LogP contribution in [0, 0.1) is 31.9 Å². The van der Waals surface area contributed by atoms with Gasteiger partial charge in [-0.25, -0.2) is 0 Å². The molecule has 0 N–H and O–H groups in total. The molecule has 0 fully saturated rings. The smallest absolute Gasteiger partial charge is 0.121 e. The summed E-state index contributed by atoms with van der Waals surface area (Å²) in [5, 5.41) is 3.70. The summed E-state index contributed by atoms with van der Waals surface area (Å²) in [5.41, 5.74) is 13.3. The fraction of sp³-hybridized carbons (Fsp3) is 0.277. The molecule has 0 amide bonds. The Morgan fingerprint density at radius 2 is 1.50 bits per heavy atom. The number of hydrogen-bond acceptors (Lipinski definition) is 3. The molecule has 0 aliphatic heterocycles. The zero-order valence-electron chi connectivity index (χ0n) is 32.2. The third kappa shape index (κ3) is 8.72. The van der Waals surface area contributed by atoms with Crippen LogP contribution in [0.4, 0.5) is 0 Å². The Kier molecular flexibility index (Phi) is 11.9. The molecule has 4 aromatic carbocycles. The monoisotopic (exact) mass is 879 g/mol. The minimum Gasteiger partial charge on any atom is -0.501 e. The van der Waals surface area contributed by atoms with E-state index in [4.69, 9.17) is 9.40 Å². The molecule has 269 valence electrons. The second-order valence-corrected chi connectivity index (χ2v) is 21.3. The van der Waals surface area contributed by atoms with Gasteiger partial charge in [-0.2, -0.15) is 0 Å². The SMILES string of the molecule is CC(C)(C)c1ccnc(-c2[c-]ccc3c2oc2cc(-c4ccccc4)ccc23)c1.Cc1c[c-]c(-c2cc(CC(C)C)c([Si](C)(C)C)cn2)c(C)c1.[Ir]. The average molecular weight is 879 g/mol. The number of furan rings is 1. The van der Waals surface area contributed by atoms with E-state index in [1.807, 2.05) is 18.3 Å². The van der Waals surface area contributed by atoms with Gasteiger partial charge in [0.15, 0.2) is 0 Å². The van der Waals surface area contributed by atoms with Crippen molar-refractivity contribution in [2.24, 2.45) is 5.92 Å². The van der Waals surface area contributed by atoms with Gasteiger partial charge in [0.2, 0.25) is 0 Å². The van der Waals surface area contributed by atoms with Crippen molar-refractivity contribution in [1.29, 1.82) is 0 Å². The number of aromatic nitrogens is 2. The Balaban J connectivity index is 0.000000205. The molecule has 7 aromatic rings. The molecule has 3 aromatic heterocycles. The van der Waals surface area contributed by atoms with E-state index < -0.39 is 8.07 Å². The Labute approximate surface area is 325 Å². The maximum absolute atomic E-state index is 6.35. The molecule has 0 spiro atoms. The number of rotatable bonds is 6. The van der Waals surface area contributed by atoms with Gasteiger partial charge in [0.25, 0.3) is 0 Å². The van der Waals surface area contributed by atoms with Crippen molar-refractivity contribution < 1.29 is 24.5 Å². The summed E-state index contributed by atoms with van der Waals surface area (Å²) in [6.45, 7) is 22.7. The van der Waals surface area contributed by atoms with Gasteiger partial charge in [-0.1, -0.05) is 139 Å². The van der Waals surface area contributed by atoms with Crippen molar-refractivity contribution in [3.8, 4) is 33.6 Å². The van der Waals surface area contributed by atoms with Gasteiger partial charge in [0.1, 0.15) is 5.58 Å². The van der Waals surface area contributed by atoms with Crippen LogP contribution in [0.25, 0.3) is 55.6 Å². The summed E-state index contributed by atoms with van der Waals surface area (Å²) in [7, 11) is -1.36. The van der Waals surface area contributed by atoms with E-state index >= 15 is 0 Å². The van der Waals surface area contributed by atoms with Crippen LogP contribution in [-0.4, -0.2) is 18.0 Å². The summed E-state index contributed by atoms with van der Waals surface area (Å²) in [4.78, 5) is 9.39. The molecule has 3 heterocycles. The van der Waals surface area contributed by atoms with Crippen molar-refractivity contribution in [3.05, 3.63) is 138 Å². The molecule has 0 saturated heterocycles. The van der Waals surface area contributed by atoms with Gasteiger partial charge in [0.05, 0.1) is 13.7 Å². The van der Waals surface area contributed by atoms with E-state index in [0.29, 0.717) is 5.92 Å². The minimum atomic E-state index is -1.36. The van der Waals surface area contributed by atoms with Crippen LogP contribution in [0.3, 0.4) is 0 Å². The first kappa shape index (κ1) is 39.1. The van der Waals surface area contributed by atoms with Crippen LogP contribution in [0.15, 0.2) is 108 Å². The molecule has 52 heavy (non-hydrogen) atoms. The second kappa shape index (κ2) is 15.8. The third-order valence-corrected chi connectivity index (χ3v) is 11.5. The Morgan fingerprint density at radius 1 is 0.769 bits per heavy atom. The molecule has 0 atom stereocenters. The summed E-state index contributed by atoms with van der Waals surface area (Å²) in [6.07, 6.45) is 5.13. The van der Waals surface area contributed by atoms with E-state index in [-0.39, 0.29) is 25.5 Å². The molecule has 0 bridgehead atoms. The average Bonchev–Trinajstić information content (AvgIpc) is 3.46. The largest absolute Gasteiger partial charge is 0.501 e. The van der Waals surface area contributed by atoms with Gasteiger partial charge in [-0.15, -0.1) is 53.1 Å². The van der Waals surface area contributed by atoms with Crippen LogP contribution in [0.5, 0.6) is 0 Å². The Morgan fingerprint density at radius 3 is 2.17 bits per heavy atom.